The van der Waals surface area contributed by atoms with Crippen molar-refractivity contribution in [3.05, 3.63) is 0 Å². The van der Waals surface area contributed by atoms with Crippen LogP contribution in [0.3, 0.4) is 0 Å². The van der Waals surface area contributed by atoms with Crippen molar-refractivity contribution in [2.24, 2.45) is 0 Å². The largest absolute Gasteiger partial charge is 0.340 e. The van der Waals surface area contributed by atoms with Crippen LogP contribution in [0, 0.1) is 0 Å². The Balaban J connectivity index is 2.28. The smallest absolute Gasteiger partial charge is 0.224 e. The summed E-state index contributed by atoms with van der Waals surface area (Å²) in [6.07, 6.45) is 2.86. The third-order valence-corrected chi connectivity index (χ3v) is 3.23. The first-order chi connectivity index (χ1) is 7.67. The second-order valence-electron chi connectivity index (χ2n) is 4.48. The van der Waals surface area contributed by atoms with Crippen LogP contribution in [0.15, 0.2) is 0 Å². The van der Waals surface area contributed by atoms with Crippen LogP contribution in [0.1, 0.15) is 33.1 Å². The van der Waals surface area contributed by atoms with E-state index < -0.39 is 0 Å². The number of amides is 1. The quantitative estimate of drug-likeness (QED) is 0.641. The van der Waals surface area contributed by atoms with Gasteiger partial charge in [-0.05, 0) is 25.9 Å². The monoisotopic (exact) mass is 246 g/mol. The van der Waals surface area contributed by atoms with E-state index in [1.165, 1.54) is 12.8 Å². The Labute approximate surface area is 104 Å². The van der Waals surface area contributed by atoms with Gasteiger partial charge >= 0.3 is 0 Å². The van der Waals surface area contributed by atoms with Crippen molar-refractivity contribution in [2.75, 3.05) is 32.7 Å². The standard InChI is InChI=1S/C12H23ClN2O/c1-3-5-14(6-4-2)7-8-15-10-11(13)9-12(15)16/h11H,3-10H2,1-2H3. The molecule has 0 saturated carbocycles. The SMILES string of the molecule is CCCN(CCC)CCN1CC(Cl)CC1=O. The number of carbonyl (C=O) groups is 1. The number of halogens is 1. The van der Waals surface area contributed by atoms with E-state index in [1.807, 2.05) is 4.90 Å². The molecule has 1 unspecified atom stereocenters. The van der Waals surface area contributed by atoms with Gasteiger partial charge in [-0.3, -0.25) is 4.79 Å². The highest BCUT2D eigenvalue weighted by Crippen LogP contribution is 2.15. The number of rotatable bonds is 7. The van der Waals surface area contributed by atoms with Crippen LogP contribution in [0.2, 0.25) is 0 Å². The molecule has 1 fully saturated rings. The third-order valence-electron chi connectivity index (χ3n) is 2.93. The van der Waals surface area contributed by atoms with Crippen LogP contribution in [-0.4, -0.2) is 53.8 Å². The Morgan fingerprint density at radius 2 is 1.94 bits per heavy atom. The highest BCUT2D eigenvalue weighted by atomic mass is 35.5. The van der Waals surface area contributed by atoms with Crippen LogP contribution in [0.25, 0.3) is 0 Å². The van der Waals surface area contributed by atoms with Gasteiger partial charge in [0.1, 0.15) is 0 Å². The van der Waals surface area contributed by atoms with Crippen molar-refractivity contribution >= 4 is 17.5 Å². The van der Waals surface area contributed by atoms with Crippen molar-refractivity contribution in [2.45, 2.75) is 38.5 Å². The molecule has 0 radical (unpaired) electrons. The lowest BCUT2D eigenvalue weighted by Gasteiger charge is -2.24. The molecule has 1 atom stereocenters. The molecule has 0 aromatic rings. The number of alkyl halides is 1. The second kappa shape index (κ2) is 7.13. The lowest BCUT2D eigenvalue weighted by molar-refractivity contribution is -0.127. The summed E-state index contributed by atoms with van der Waals surface area (Å²) in [6, 6.07) is 0. The molecule has 1 aliphatic rings. The van der Waals surface area contributed by atoms with Gasteiger partial charge in [-0.15, -0.1) is 11.6 Å². The van der Waals surface area contributed by atoms with E-state index in [9.17, 15) is 4.79 Å². The fourth-order valence-electron chi connectivity index (χ4n) is 2.17. The van der Waals surface area contributed by atoms with Gasteiger partial charge in [-0.2, -0.15) is 0 Å². The predicted molar refractivity (Wildman–Crippen MR) is 67.9 cm³/mol. The Hall–Kier alpha value is -0.280. The van der Waals surface area contributed by atoms with Gasteiger partial charge in [-0.25, -0.2) is 0 Å². The van der Waals surface area contributed by atoms with E-state index in [0.29, 0.717) is 6.42 Å². The molecule has 1 amide bonds. The minimum atomic E-state index is 0.0262. The number of hydrogen-bond acceptors (Lipinski definition) is 2. The third kappa shape index (κ3) is 4.30. The molecule has 1 aliphatic heterocycles. The average Bonchev–Trinajstić information content (AvgIpc) is 2.54. The number of carbonyl (C=O) groups excluding carboxylic acids is 1. The van der Waals surface area contributed by atoms with E-state index in [2.05, 4.69) is 18.7 Å². The van der Waals surface area contributed by atoms with Gasteiger partial charge < -0.3 is 9.80 Å². The molecule has 1 heterocycles. The molecular formula is C12H23ClN2O. The second-order valence-corrected chi connectivity index (χ2v) is 5.10. The molecule has 0 bridgehead atoms. The van der Waals surface area contributed by atoms with E-state index in [4.69, 9.17) is 11.6 Å². The fraction of sp³-hybridized carbons (Fsp3) is 0.917. The molecule has 0 aromatic carbocycles. The van der Waals surface area contributed by atoms with Crippen molar-refractivity contribution < 1.29 is 4.79 Å². The predicted octanol–water partition coefficient (Wildman–Crippen LogP) is 1.95. The summed E-state index contributed by atoms with van der Waals surface area (Å²) in [4.78, 5) is 15.9. The minimum Gasteiger partial charge on any atom is -0.340 e. The van der Waals surface area contributed by atoms with Crippen LogP contribution < -0.4 is 0 Å². The van der Waals surface area contributed by atoms with Gasteiger partial charge in [0.25, 0.3) is 0 Å². The van der Waals surface area contributed by atoms with Gasteiger partial charge in [-0.1, -0.05) is 13.8 Å². The van der Waals surface area contributed by atoms with Crippen LogP contribution >= 0.6 is 11.6 Å². The maximum absolute atomic E-state index is 11.5. The summed E-state index contributed by atoms with van der Waals surface area (Å²) >= 11 is 5.96. The summed E-state index contributed by atoms with van der Waals surface area (Å²) < 4.78 is 0. The molecule has 16 heavy (non-hydrogen) atoms. The Bertz CT molecular complexity index is 217. The van der Waals surface area contributed by atoms with E-state index in [0.717, 1.165) is 32.7 Å². The minimum absolute atomic E-state index is 0.0262. The Kier molecular flexibility index (Phi) is 6.14. The van der Waals surface area contributed by atoms with Crippen LogP contribution in [0.4, 0.5) is 0 Å². The zero-order valence-electron chi connectivity index (χ0n) is 10.4. The lowest BCUT2D eigenvalue weighted by atomic mass is 10.3. The van der Waals surface area contributed by atoms with Crippen molar-refractivity contribution in [3.8, 4) is 0 Å². The number of likely N-dealkylation sites (tertiary alicyclic amines) is 1. The maximum Gasteiger partial charge on any atom is 0.224 e. The van der Waals surface area contributed by atoms with Crippen LogP contribution in [0.5, 0.6) is 0 Å². The summed E-state index contributed by atoms with van der Waals surface area (Å²) in [5.41, 5.74) is 0. The van der Waals surface area contributed by atoms with Crippen molar-refractivity contribution in [3.63, 3.8) is 0 Å². The number of hydrogen-bond donors (Lipinski definition) is 0. The first-order valence-electron chi connectivity index (χ1n) is 6.31. The molecule has 3 nitrogen and oxygen atoms in total. The summed E-state index contributed by atoms with van der Waals surface area (Å²) in [7, 11) is 0. The first-order valence-corrected chi connectivity index (χ1v) is 6.75. The maximum atomic E-state index is 11.5. The Morgan fingerprint density at radius 1 is 1.31 bits per heavy atom. The molecule has 4 heteroatoms. The van der Waals surface area contributed by atoms with Gasteiger partial charge in [0.05, 0.1) is 5.38 Å². The molecule has 1 rings (SSSR count). The lowest BCUT2D eigenvalue weighted by Crippen LogP contribution is -2.36. The van der Waals surface area contributed by atoms with Crippen LogP contribution in [-0.2, 0) is 4.79 Å². The van der Waals surface area contributed by atoms with Gasteiger partial charge in [0.2, 0.25) is 5.91 Å². The number of nitrogens with zero attached hydrogens (tertiary/aromatic N) is 2. The van der Waals surface area contributed by atoms with E-state index in [-0.39, 0.29) is 11.3 Å². The highest BCUT2D eigenvalue weighted by Gasteiger charge is 2.27. The molecule has 0 aliphatic carbocycles. The Morgan fingerprint density at radius 3 is 2.38 bits per heavy atom. The molecular weight excluding hydrogens is 224 g/mol. The zero-order valence-corrected chi connectivity index (χ0v) is 11.2. The molecule has 0 aromatic heterocycles. The summed E-state index contributed by atoms with van der Waals surface area (Å²) in [6.45, 7) is 9.18. The van der Waals surface area contributed by atoms with E-state index in [1.54, 1.807) is 0 Å². The van der Waals surface area contributed by atoms with Crippen molar-refractivity contribution in [1.82, 2.24) is 9.80 Å². The van der Waals surface area contributed by atoms with Gasteiger partial charge in [0.15, 0.2) is 0 Å². The molecule has 94 valence electrons. The fourth-order valence-corrected chi connectivity index (χ4v) is 2.47. The molecule has 0 spiro atoms. The average molecular weight is 247 g/mol. The molecule has 1 saturated heterocycles. The van der Waals surface area contributed by atoms with Crippen molar-refractivity contribution in [1.29, 1.82) is 0 Å². The first kappa shape index (κ1) is 13.8. The van der Waals surface area contributed by atoms with Gasteiger partial charge in [0, 0.05) is 26.1 Å². The topological polar surface area (TPSA) is 23.6 Å². The molecule has 0 N–H and O–H groups in total. The normalized spacial score (nSPS) is 21.1. The summed E-state index contributed by atoms with van der Waals surface area (Å²) in [5.74, 6) is 0.216. The highest BCUT2D eigenvalue weighted by molar-refractivity contribution is 6.22. The summed E-state index contributed by atoms with van der Waals surface area (Å²) in [5, 5.41) is 0.0262. The zero-order chi connectivity index (χ0) is 12.0. The van der Waals surface area contributed by atoms with E-state index >= 15 is 0 Å².